The maximum Gasteiger partial charge on any atom is 0.122 e. The minimum atomic E-state index is 0.452. The van der Waals surface area contributed by atoms with E-state index in [9.17, 15) is 0 Å². The molecule has 1 atom stereocenters. The number of likely N-dealkylation sites (tertiary alicyclic amines) is 1. The largest absolute Gasteiger partial charge is 0.334 e. The van der Waals surface area contributed by atoms with E-state index in [0.29, 0.717) is 6.04 Å². The second-order valence-corrected chi connectivity index (χ2v) is 5.99. The van der Waals surface area contributed by atoms with Crippen LogP contribution in [0.25, 0.3) is 0 Å². The van der Waals surface area contributed by atoms with Crippen LogP contribution in [0.4, 0.5) is 0 Å². The minimum Gasteiger partial charge on any atom is -0.334 e. The number of aromatic amines is 1. The first-order valence-corrected chi connectivity index (χ1v) is 8.03. The average Bonchev–Trinajstić information content (AvgIpc) is 3.10. The zero-order valence-electron chi connectivity index (χ0n) is 13.0. The molecule has 0 spiro atoms. The third kappa shape index (κ3) is 3.02. The van der Waals surface area contributed by atoms with Crippen LogP contribution in [0.3, 0.4) is 0 Å². The lowest BCUT2D eigenvalue weighted by Crippen LogP contribution is -2.34. The standard InChI is InChI=1S/C16H25N5/c1-3-8-20-10-7-17-15(20)12-21-9-5-4-6-14(21)16-13(2)11-18-19-16/h7,10-11,14H,3-6,8-9,12H2,1-2H3,(H,18,19)/t14-/m0/s1. The molecule has 1 N–H and O–H groups in total. The molecule has 3 heterocycles. The van der Waals surface area contributed by atoms with Crippen molar-refractivity contribution in [2.24, 2.45) is 0 Å². The predicted octanol–water partition coefficient (Wildman–Crippen LogP) is 3.05. The molecule has 0 bridgehead atoms. The first-order valence-electron chi connectivity index (χ1n) is 8.03. The summed E-state index contributed by atoms with van der Waals surface area (Å²) in [7, 11) is 0. The van der Waals surface area contributed by atoms with Gasteiger partial charge in [-0.05, 0) is 38.3 Å². The van der Waals surface area contributed by atoms with Gasteiger partial charge in [-0.2, -0.15) is 5.10 Å². The summed E-state index contributed by atoms with van der Waals surface area (Å²) >= 11 is 0. The fraction of sp³-hybridized carbons (Fsp3) is 0.625. The summed E-state index contributed by atoms with van der Waals surface area (Å²) in [6.07, 6.45) is 10.9. The van der Waals surface area contributed by atoms with E-state index in [1.165, 1.54) is 36.3 Å². The lowest BCUT2D eigenvalue weighted by atomic mass is 9.97. The zero-order valence-corrected chi connectivity index (χ0v) is 13.0. The Balaban J connectivity index is 1.78. The van der Waals surface area contributed by atoms with Crippen LogP contribution < -0.4 is 0 Å². The zero-order chi connectivity index (χ0) is 14.7. The molecule has 2 aromatic heterocycles. The molecule has 1 aliphatic rings. The molecule has 3 rings (SSSR count). The highest BCUT2D eigenvalue weighted by atomic mass is 15.2. The van der Waals surface area contributed by atoms with Crippen molar-refractivity contribution in [1.29, 1.82) is 0 Å². The number of hydrogen-bond acceptors (Lipinski definition) is 3. The van der Waals surface area contributed by atoms with Crippen molar-refractivity contribution in [1.82, 2.24) is 24.6 Å². The molecule has 21 heavy (non-hydrogen) atoms. The van der Waals surface area contributed by atoms with Gasteiger partial charge in [-0.25, -0.2) is 4.98 Å². The lowest BCUT2D eigenvalue weighted by molar-refractivity contribution is 0.131. The molecule has 1 saturated heterocycles. The summed E-state index contributed by atoms with van der Waals surface area (Å²) < 4.78 is 2.28. The molecule has 0 saturated carbocycles. The van der Waals surface area contributed by atoms with Crippen molar-refractivity contribution in [2.45, 2.75) is 58.7 Å². The first kappa shape index (κ1) is 14.3. The van der Waals surface area contributed by atoms with Gasteiger partial charge in [-0.3, -0.25) is 10.00 Å². The van der Waals surface area contributed by atoms with Gasteiger partial charge in [0.1, 0.15) is 5.82 Å². The molecule has 2 aromatic rings. The Morgan fingerprint density at radius 3 is 3.05 bits per heavy atom. The maximum absolute atomic E-state index is 4.56. The number of aromatic nitrogens is 4. The second kappa shape index (κ2) is 6.43. The maximum atomic E-state index is 4.56. The Morgan fingerprint density at radius 1 is 1.38 bits per heavy atom. The van der Waals surface area contributed by atoms with Crippen molar-refractivity contribution < 1.29 is 0 Å². The molecule has 0 aromatic carbocycles. The topological polar surface area (TPSA) is 49.7 Å². The lowest BCUT2D eigenvalue weighted by Gasteiger charge is -2.35. The molecule has 1 aliphatic heterocycles. The van der Waals surface area contributed by atoms with Gasteiger partial charge in [0, 0.05) is 18.9 Å². The smallest absolute Gasteiger partial charge is 0.122 e. The number of piperidine rings is 1. The number of rotatable bonds is 5. The molecule has 5 heteroatoms. The first-order chi connectivity index (χ1) is 10.3. The number of hydrogen-bond donors (Lipinski definition) is 1. The number of H-pyrrole nitrogens is 1. The van der Waals surface area contributed by atoms with Crippen LogP contribution in [0.15, 0.2) is 18.6 Å². The van der Waals surface area contributed by atoms with Crippen LogP contribution in [0.1, 0.15) is 55.7 Å². The quantitative estimate of drug-likeness (QED) is 0.919. The summed E-state index contributed by atoms with van der Waals surface area (Å²) in [5.41, 5.74) is 2.55. The van der Waals surface area contributed by atoms with E-state index in [1.807, 2.05) is 12.4 Å². The third-order valence-corrected chi connectivity index (χ3v) is 4.43. The Bertz CT molecular complexity index is 571. The van der Waals surface area contributed by atoms with Gasteiger partial charge < -0.3 is 4.57 Å². The summed E-state index contributed by atoms with van der Waals surface area (Å²) in [6, 6.07) is 0.452. The Labute approximate surface area is 126 Å². The van der Waals surface area contributed by atoms with Crippen LogP contribution in [0.5, 0.6) is 0 Å². The van der Waals surface area contributed by atoms with Gasteiger partial charge >= 0.3 is 0 Å². The molecule has 5 nitrogen and oxygen atoms in total. The highest BCUT2D eigenvalue weighted by molar-refractivity contribution is 5.18. The summed E-state index contributed by atoms with van der Waals surface area (Å²) in [5.74, 6) is 1.18. The molecule has 1 fully saturated rings. The van der Waals surface area contributed by atoms with Crippen LogP contribution in [0, 0.1) is 6.92 Å². The van der Waals surface area contributed by atoms with E-state index in [0.717, 1.165) is 26.1 Å². The molecule has 0 amide bonds. The molecule has 0 unspecified atom stereocenters. The van der Waals surface area contributed by atoms with Crippen molar-refractivity contribution in [2.75, 3.05) is 6.54 Å². The van der Waals surface area contributed by atoms with E-state index in [-0.39, 0.29) is 0 Å². The highest BCUT2D eigenvalue weighted by Gasteiger charge is 2.27. The van der Waals surface area contributed by atoms with E-state index in [2.05, 4.69) is 44.7 Å². The van der Waals surface area contributed by atoms with Crippen molar-refractivity contribution in [3.05, 3.63) is 35.7 Å². The average molecular weight is 287 g/mol. The fourth-order valence-electron chi connectivity index (χ4n) is 3.32. The van der Waals surface area contributed by atoms with Gasteiger partial charge in [0.15, 0.2) is 0 Å². The SMILES string of the molecule is CCCn1ccnc1CN1CCCC[C@H]1c1[nH]ncc1C. The highest BCUT2D eigenvalue weighted by Crippen LogP contribution is 2.32. The second-order valence-electron chi connectivity index (χ2n) is 5.99. The van der Waals surface area contributed by atoms with Crippen LogP contribution >= 0.6 is 0 Å². The van der Waals surface area contributed by atoms with Crippen LogP contribution in [0.2, 0.25) is 0 Å². The van der Waals surface area contributed by atoms with Gasteiger partial charge in [0.25, 0.3) is 0 Å². The van der Waals surface area contributed by atoms with E-state index >= 15 is 0 Å². The predicted molar refractivity (Wildman–Crippen MR) is 82.8 cm³/mol. The number of aryl methyl sites for hydroxylation is 2. The van der Waals surface area contributed by atoms with Gasteiger partial charge in [0.2, 0.25) is 0 Å². The molecule has 0 aliphatic carbocycles. The summed E-state index contributed by atoms with van der Waals surface area (Å²) in [5, 5.41) is 7.41. The molecular weight excluding hydrogens is 262 g/mol. The monoisotopic (exact) mass is 287 g/mol. The van der Waals surface area contributed by atoms with Gasteiger partial charge in [-0.1, -0.05) is 13.3 Å². The summed E-state index contributed by atoms with van der Waals surface area (Å²) in [6.45, 7) is 7.47. The molecular formula is C16H25N5. The van der Waals surface area contributed by atoms with Crippen LogP contribution in [-0.4, -0.2) is 31.2 Å². The van der Waals surface area contributed by atoms with E-state index in [4.69, 9.17) is 0 Å². The molecule has 114 valence electrons. The summed E-state index contributed by atoms with van der Waals surface area (Å²) in [4.78, 5) is 7.12. The van der Waals surface area contributed by atoms with Crippen molar-refractivity contribution in [3.63, 3.8) is 0 Å². The Morgan fingerprint density at radius 2 is 2.29 bits per heavy atom. The van der Waals surface area contributed by atoms with Crippen molar-refractivity contribution in [3.8, 4) is 0 Å². The van der Waals surface area contributed by atoms with E-state index in [1.54, 1.807) is 0 Å². The fourth-order valence-corrected chi connectivity index (χ4v) is 3.32. The van der Waals surface area contributed by atoms with Gasteiger partial charge in [0.05, 0.1) is 24.5 Å². The number of imidazole rings is 1. The number of nitrogens with one attached hydrogen (secondary N) is 1. The van der Waals surface area contributed by atoms with Gasteiger partial charge in [-0.15, -0.1) is 0 Å². The normalized spacial score (nSPS) is 20.0. The third-order valence-electron chi connectivity index (χ3n) is 4.43. The Kier molecular flexibility index (Phi) is 4.39. The van der Waals surface area contributed by atoms with Crippen LogP contribution in [-0.2, 0) is 13.1 Å². The number of nitrogens with zero attached hydrogens (tertiary/aromatic N) is 4. The van der Waals surface area contributed by atoms with Crippen molar-refractivity contribution >= 4 is 0 Å². The minimum absolute atomic E-state index is 0.452. The molecule has 0 radical (unpaired) electrons. The van der Waals surface area contributed by atoms with E-state index < -0.39 is 0 Å². The Hall–Kier alpha value is -1.62.